The Morgan fingerprint density at radius 1 is 1.47 bits per heavy atom. The summed E-state index contributed by atoms with van der Waals surface area (Å²) in [6, 6.07) is 2.24. The average Bonchev–Trinajstić information content (AvgIpc) is 2.90. The van der Waals surface area contributed by atoms with Crippen molar-refractivity contribution in [3.8, 4) is 6.07 Å². The molecule has 0 spiro atoms. The maximum atomic E-state index is 12.2. The lowest BCUT2D eigenvalue weighted by Crippen LogP contribution is -2.39. The summed E-state index contributed by atoms with van der Waals surface area (Å²) in [5.74, 6) is -0.188. The minimum absolute atomic E-state index is 0.125. The first kappa shape index (κ1) is 11.5. The van der Waals surface area contributed by atoms with Gasteiger partial charge >= 0.3 is 0 Å². The molecule has 1 aromatic heterocycles. The fourth-order valence-corrected chi connectivity index (χ4v) is 2.22. The molecule has 1 aliphatic rings. The van der Waals surface area contributed by atoms with E-state index in [1.165, 1.54) is 18.6 Å². The van der Waals surface area contributed by atoms with E-state index in [1.807, 2.05) is 0 Å². The molecule has 0 saturated heterocycles. The Hall–Kier alpha value is -1.96. The van der Waals surface area contributed by atoms with E-state index in [0.717, 1.165) is 25.7 Å². The highest BCUT2D eigenvalue weighted by Crippen LogP contribution is 2.24. The van der Waals surface area contributed by atoms with Crippen molar-refractivity contribution in [1.82, 2.24) is 14.9 Å². The van der Waals surface area contributed by atoms with Crippen molar-refractivity contribution >= 4 is 5.91 Å². The number of rotatable bonds is 3. The van der Waals surface area contributed by atoms with Crippen LogP contribution >= 0.6 is 0 Å². The maximum absolute atomic E-state index is 12.2. The molecule has 1 amide bonds. The Morgan fingerprint density at radius 3 is 2.82 bits per heavy atom. The van der Waals surface area contributed by atoms with E-state index in [4.69, 9.17) is 5.26 Å². The summed E-state index contributed by atoms with van der Waals surface area (Å²) in [6.07, 6.45) is 8.68. The molecule has 88 valence electrons. The molecular formula is C12H14N4O. The number of carbonyl (C=O) groups is 1. The standard InChI is InChI=1S/C12H14N4O/c13-5-8-16(10-3-1-2-4-10)12(17)11-9-14-6-7-15-11/h6-7,9-10H,1-4,8H2. The Bertz CT molecular complexity index is 420. The van der Waals surface area contributed by atoms with Crippen LogP contribution in [0.25, 0.3) is 0 Å². The third-order valence-electron chi connectivity index (χ3n) is 3.05. The molecule has 0 atom stereocenters. The van der Waals surface area contributed by atoms with E-state index >= 15 is 0 Å². The molecule has 0 bridgehead atoms. The molecule has 1 aliphatic carbocycles. The van der Waals surface area contributed by atoms with Gasteiger partial charge in [-0.1, -0.05) is 12.8 Å². The molecule has 1 saturated carbocycles. The Morgan fingerprint density at radius 2 is 2.24 bits per heavy atom. The predicted octanol–water partition coefficient (Wildman–Crippen LogP) is 1.38. The van der Waals surface area contributed by atoms with Crippen LogP contribution in [0.1, 0.15) is 36.2 Å². The lowest BCUT2D eigenvalue weighted by Gasteiger charge is -2.25. The van der Waals surface area contributed by atoms with Crippen LogP contribution in [-0.4, -0.2) is 33.4 Å². The van der Waals surface area contributed by atoms with Crippen LogP contribution in [-0.2, 0) is 0 Å². The number of nitrogens with zero attached hydrogens (tertiary/aromatic N) is 4. The first-order valence-corrected chi connectivity index (χ1v) is 5.77. The topological polar surface area (TPSA) is 69.9 Å². The SMILES string of the molecule is N#CCN(C(=O)c1cnccn1)C1CCCC1. The van der Waals surface area contributed by atoms with Crippen LogP contribution in [0.15, 0.2) is 18.6 Å². The maximum Gasteiger partial charge on any atom is 0.275 e. The second kappa shape index (κ2) is 5.39. The minimum Gasteiger partial charge on any atom is -0.321 e. The minimum atomic E-state index is -0.188. The third kappa shape index (κ3) is 2.59. The van der Waals surface area contributed by atoms with Gasteiger partial charge in [-0.3, -0.25) is 9.78 Å². The number of nitriles is 1. The van der Waals surface area contributed by atoms with Gasteiger partial charge in [-0.25, -0.2) is 4.98 Å². The lowest BCUT2D eigenvalue weighted by atomic mass is 10.2. The monoisotopic (exact) mass is 230 g/mol. The van der Waals surface area contributed by atoms with E-state index < -0.39 is 0 Å². The Balaban J connectivity index is 2.16. The second-order valence-corrected chi connectivity index (χ2v) is 4.12. The summed E-state index contributed by atoms with van der Waals surface area (Å²) in [7, 11) is 0. The number of aromatic nitrogens is 2. The number of hydrogen-bond donors (Lipinski definition) is 0. The summed E-state index contributed by atoms with van der Waals surface area (Å²) >= 11 is 0. The van der Waals surface area contributed by atoms with Crippen molar-refractivity contribution < 1.29 is 4.79 Å². The van der Waals surface area contributed by atoms with Crippen LogP contribution in [0.5, 0.6) is 0 Å². The molecule has 1 fully saturated rings. The first-order valence-electron chi connectivity index (χ1n) is 5.77. The smallest absolute Gasteiger partial charge is 0.275 e. The highest BCUT2D eigenvalue weighted by atomic mass is 16.2. The van der Waals surface area contributed by atoms with Crippen molar-refractivity contribution in [3.05, 3.63) is 24.3 Å². The molecule has 5 heteroatoms. The van der Waals surface area contributed by atoms with Gasteiger partial charge in [0.15, 0.2) is 0 Å². The second-order valence-electron chi connectivity index (χ2n) is 4.12. The molecule has 0 unspecified atom stereocenters. The molecule has 0 radical (unpaired) electrons. The van der Waals surface area contributed by atoms with E-state index in [2.05, 4.69) is 16.0 Å². The summed E-state index contributed by atoms with van der Waals surface area (Å²) in [6.45, 7) is 0.125. The van der Waals surface area contributed by atoms with Gasteiger partial charge in [-0.15, -0.1) is 0 Å². The number of hydrogen-bond acceptors (Lipinski definition) is 4. The van der Waals surface area contributed by atoms with Gasteiger partial charge in [0.2, 0.25) is 0 Å². The van der Waals surface area contributed by atoms with Crippen molar-refractivity contribution in [2.45, 2.75) is 31.7 Å². The lowest BCUT2D eigenvalue weighted by molar-refractivity contribution is 0.0703. The van der Waals surface area contributed by atoms with Gasteiger partial charge in [0.1, 0.15) is 12.2 Å². The fourth-order valence-electron chi connectivity index (χ4n) is 2.22. The fraction of sp³-hybridized carbons (Fsp3) is 0.500. The normalized spacial score (nSPS) is 15.5. The zero-order valence-corrected chi connectivity index (χ0v) is 9.54. The van der Waals surface area contributed by atoms with E-state index in [1.54, 1.807) is 4.90 Å². The quantitative estimate of drug-likeness (QED) is 0.735. The number of carbonyl (C=O) groups excluding carboxylic acids is 1. The van der Waals surface area contributed by atoms with Crippen LogP contribution in [0.4, 0.5) is 0 Å². The summed E-state index contributed by atoms with van der Waals surface area (Å²) < 4.78 is 0. The molecule has 1 heterocycles. The molecule has 5 nitrogen and oxygen atoms in total. The summed E-state index contributed by atoms with van der Waals surface area (Å²) in [5, 5.41) is 8.81. The van der Waals surface area contributed by atoms with E-state index in [-0.39, 0.29) is 18.5 Å². The van der Waals surface area contributed by atoms with Crippen LogP contribution in [0, 0.1) is 11.3 Å². The highest BCUT2D eigenvalue weighted by Gasteiger charge is 2.27. The molecule has 17 heavy (non-hydrogen) atoms. The van der Waals surface area contributed by atoms with E-state index in [9.17, 15) is 4.79 Å². The molecule has 2 rings (SSSR count). The van der Waals surface area contributed by atoms with Crippen LogP contribution < -0.4 is 0 Å². The predicted molar refractivity (Wildman–Crippen MR) is 60.9 cm³/mol. The zero-order chi connectivity index (χ0) is 12.1. The van der Waals surface area contributed by atoms with Crippen LogP contribution in [0.2, 0.25) is 0 Å². The van der Waals surface area contributed by atoms with E-state index in [0.29, 0.717) is 5.69 Å². The van der Waals surface area contributed by atoms with Crippen LogP contribution in [0.3, 0.4) is 0 Å². The van der Waals surface area contributed by atoms with Gasteiger partial charge in [-0.2, -0.15) is 5.26 Å². The Kier molecular flexibility index (Phi) is 3.66. The van der Waals surface area contributed by atoms with Gasteiger partial charge < -0.3 is 4.90 Å². The first-order chi connectivity index (χ1) is 8.33. The van der Waals surface area contributed by atoms with Gasteiger partial charge in [-0.05, 0) is 12.8 Å². The Labute approximate surface area is 100 Å². The molecular weight excluding hydrogens is 216 g/mol. The molecule has 0 aliphatic heterocycles. The molecule has 1 aromatic rings. The average molecular weight is 230 g/mol. The largest absolute Gasteiger partial charge is 0.321 e. The van der Waals surface area contributed by atoms with Gasteiger partial charge in [0, 0.05) is 18.4 Å². The van der Waals surface area contributed by atoms with Crippen molar-refractivity contribution in [2.75, 3.05) is 6.54 Å². The number of amides is 1. The van der Waals surface area contributed by atoms with Crippen molar-refractivity contribution in [1.29, 1.82) is 5.26 Å². The highest BCUT2D eigenvalue weighted by molar-refractivity contribution is 5.92. The summed E-state index contributed by atoms with van der Waals surface area (Å²) in [4.78, 5) is 21.7. The molecule has 0 N–H and O–H groups in total. The third-order valence-corrected chi connectivity index (χ3v) is 3.05. The van der Waals surface area contributed by atoms with Gasteiger partial charge in [0.25, 0.3) is 5.91 Å². The summed E-state index contributed by atoms with van der Waals surface area (Å²) in [5.41, 5.74) is 0.314. The zero-order valence-electron chi connectivity index (χ0n) is 9.54. The van der Waals surface area contributed by atoms with Gasteiger partial charge in [0.05, 0.1) is 12.3 Å². The van der Waals surface area contributed by atoms with Crippen molar-refractivity contribution in [2.24, 2.45) is 0 Å². The molecule has 0 aromatic carbocycles. The van der Waals surface area contributed by atoms with Crippen molar-refractivity contribution in [3.63, 3.8) is 0 Å².